The first kappa shape index (κ1) is 20.9. The number of aliphatic imine (C=N–C) groups is 1. The second kappa shape index (κ2) is 10.7. The summed E-state index contributed by atoms with van der Waals surface area (Å²) in [6, 6.07) is 9.76. The van der Waals surface area contributed by atoms with Gasteiger partial charge in [0.2, 0.25) is 0 Å². The molecular weight excluding hydrogens is 350 g/mol. The van der Waals surface area contributed by atoms with E-state index in [1.165, 1.54) is 24.1 Å². The highest BCUT2D eigenvalue weighted by atomic mass is 16.5. The summed E-state index contributed by atoms with van der Waals surface area (Å²) in [7, 11) is 0. The molecule has 156 valence electrons. The van der Waals surface area contributed by atoms with Crippen LogP contribution in [0.25, 0.3) is 0 Å². The van der Waals surface area contributed by atoms with Crippen molar-refractivity contribution in [2.75, 3.05) is 50.8 Å². The van der Waals surface area contributed by atoms with Gasteiger partial charge in [0.25, 0.3) is 0 Å². The Hall–Kier alpha value is -1.79. The van der Waals surface area contributed by atoms with Crippen molar-refractivity contribution in [3.8, 4) is 0 Å². The van der Waals surface area contributed by atoms with E-state index in [0.717, 1.165) is 51.9 Å². The molecule has 6 heteroatoms. The highest BCUT2D eigenvalue weighted by Gasteiger charge is 2.21. The lowest BCUT2D eigenvalue weighted by atomic mass is 10.0. The quantitative estimate of drug-likeness (QED) is 0.580. The van der Waals surface area contributed by atoms with Crippen molar-refractivity contribution >= 4 is 11.6 Å². The van der Waals surface area contributed by atoms with Crippen molar-refractivity contribution in [1.82, 2.24) is 15.5 Å². The molecule has 2 heterocycles. The van der Waals surface area contributed by atoms with Gasteiger partial charge in [0.1, 0.15) is 0 Å². The number of hydrogen-bond donors (Lipinski definition) is 2. The van der Waals surface area contributed by atoms with Crippen molar-refractivity contribution in [2.45, 2.75) is 52.2 Å². The Labute approximate surface area is 170 Å². The molecule has 0 aromatic heterocycles. The molecule has 2 saturated heterocycles. The Bertz CT molecular complexity index is 619. The summed E-state index contributed by atoms with van der Waals surface area (Å²) in [5, 5.41) is 7.09. The van der Waals surface area contributed by atoms with E-state index in [0.29, 0.717) is 18.6 Å². The molecule has 6 nitrogen and oxygen atoms in total. The highest BCUT2D eigenvalue weighted by Crippen LogP contribution is 2.22. The summed E-state index contributed by atoms with van der Waals surface area (Å²) in [5.74, 6) is 0.933. The lowest BCUT2D eigenvalue weighted by molar-refractivity contribution is 0.122. The molecule has 3 rings (SSSR count). The molecule has 2 fully saturated rings. The van der Waals surface area contributed by atoms with Crippen LogP contribution in [0.5, 0.6) is 0 Å². The number of nitrogens with one attached hydrogen (secondary N) is 2. The molecule has 0 unspecified atom stereocenters. The molecule has 2 aliphatic rings. The van der Waals surface area contributed by atoms with Crippen LogP contribution < -0.4 is 15.5 Å². The minimum atomic E-state index is 0.502. The van der Waals surface area contributed by atoms with Crippen LogP contribution in [0, 0.1) is 0 Å². The first-order valence-corrected chi connectivity index (χ1v) is 10.9. The van der Waals surface area contributed by atoms with Crippen LogP contribution >= 0.6 is 0 Å². The lowest BCUT2D eigenvalue weighted by Crippen LogP contribution is -2.49. The zero-order valence-corrected chi connectivity index (χ0v) is 17.8. The lowest BCUT2D eigenvalue weighted by Gasteiger charge is -2.35. The number of likely N-dealkylation sites (tertiary alicyclic amines) is 1. The van der Waals surface area contributed by atoms with Gasteiger partial charge >= 0.3 is 0 Å². The molecule has 0 aliphatic carbocycles. The van der Waals surface area contributed by atoms with Crippen molar-refractivity contribution < 1.29 is 4.74 Å². The van der Waals surface area contributed by atoms with E-state index >= 15 is 0 Å². The zero-order chi connectivity index (χ0) is 19.8. The average Bonchev–Trinajstić information content (AvgIpc) is 2.73. The molecule has 2 aliphatic heterocycles. The zero-order valence-electron chi connectivity index (χ0n) is 17.8. The van der Waals surface area contributed by atoms with Gasteiger partial charge < -0.3 is 25.2 Å². The van der Waals surface area contributed by atoms with Crippen LogP contribution in [0.1, 0.15) is 39.2 Å². The van der Waals surface area contributed by atoms with Crippen molar-refractivity contribution in [3.05, 3.63) is 29.8 Å². The highest BCUT2D eigenvalue weighted by molar-refractivity contribution is 5.80. The molecule has 1 aromatic carbocycles. The van der Waals surface area contributed by atoms with Gasteiger partial charge in [-0.2, -0.15) is 0 Å². The standard InChI is InChI=1S/C22H37N5O/c1-4-23-22(25-20-9-11-26(12-10-20)18(2)3)24-17-19-7-5-6-8-21(19)27-13-15-28-16-14-27/h5-8,18,20H,4,9-17H2,1-3H3,(H2,23,24,25). The first-order valence-electron chi connectivity index (χ1n) is 10.9. The van der Waals surface area contributed by atoms with Crippen LogP contribution in [0.2, 0.25) is 0 Å². The smallest absolute Gasteiger partial charge is 0.191 e. The van der Waals surface area contributed by atoms with Crippen molar-refractivity contribution in [3.63, 3.8) is 0 Å². The molecule has 0 saturated carbocycles. The van der Waals surface area contributed by atoms with E-state index in [4.69, 9.17) is 9.73 Å². The largest absolute Gasteiger partial charge is 0.378 e. The molecule has 0 spiro atoms. The summed E-state index contributed by atoms with van der Waals surface area (Å²) < 4.78 is 5.51. The van der Waals surface area contributed by atoms with Gasteiger partial charge in [-0.3, -0.25) is 0 Å². The van der Waals surface area contributed by atoms with E-state index in [2.05, 4.69) is 65.5 Å². The monoisotopic (exact) mass is 387 g/mol. The topological polar surface area (TPSA) is 52.1 Å². The number of para-hydroxylation sites is 1. The Morgan fingerprint density at radius 1 is 1.14 bits per heavy atom. The predicted octanol–water partition coefficient (Wildman–Crippen LogP) is 2.45. The van der Waals surface area contributed by atoms with E-state index in [9.17, 15) is 0 Å². The number of benzene rings is 1. The molecule has 1 aromatic rings. The van der Waals surface area contributed by atoms with Crippen LogP contribution in [-0.4, -0.2) is 68.9 Å². The van der Waals surface area contributed by atoms with E-state index in [-0.39, 0.29) is 0 Å². The SMILES string of the molecule is CCNC(=NCc1ccccc1N1CCOCC1)NC1CCN(C(C)C)CC1. The number of anilines is 1. The number of hydrogen-bond acceptors (Lipinski definition) is 4. The number of nitrogens with zero attached hydrogens (tertiary/aromatic N) is 3. The van der Waals surface area contributed by atoms with Crippen LogP contribution in [0.4, 0.5) is 5.69 Å². The number of ether oxygens (including phenoxy) is 1. The predicted molar refractivity (Wildman–Crippen MR) is 117 cm³/mol. The summed E-state index contributed by atoms with van der Waals surface area (Å²) >= 11 is 0. The maximum absolute atomic E-state index is 5.51. The Balaban J connectivity index is 1.62. The van der Waals surface area contributed by atoms with Crippen LogP contribution in [0.3, 0.4) is 0 Å². The third-order valence-electron chi connectivity index (χ3n) is 5.70. The Kier molecular flexibility index (Phi) is 7.98. The van der Waals surface area contributed by atoms with Crippen molar-refractivity contribution in [1.29, 1.82) is 0 Å². The number of morpholine rings is 1. The Morgan fingerprint density at radius 3 is 2.54 bits per heavy atom. The summed E-state index contributed by atoms with van der Waals surface area (Å²) in [6.45, 7) is 14.1. The van der Waals surface area contributed by atoms with Gasteiger partial charge in [-0.1, -0.05) is 18.2 Å². The second-order valence-corrected chi connectivity index (χ2v) is 7.97. The van der Waals surface area contributed by atoms with Gasteiger partial charge in [0.05, 0.1) is 19.8 Å². The maximum atomic E-state index is 5.51. The van der Waals surface area contributed by atoms with Gasteiger partial charge in [0.15, 0.2) is 5.96 Å². The molecule has 0 radical (unpaired) electrons. The van der Waals surface area contributed by atoms with E-state index in [1.54, 1.807) is 0 Å². The fraction of sp³-hybridized carbons (Fsp3) is 0.682. The minimum Gasteiger partial charge on any atom is -0.378 e. The van der Waals surface area contributed by atoms with Crippen LogP contribution in [0.15, 0.2) is 29.3 Å². The third kappa shape index (κ3) is 5.85. The van der Waals surface area contributed by atoms with Gasteiger partial charge in [-0.25, -0.2) is 4.99 Å². The number of guanidine groups is 1. The Morgan fingerprint density at radius 2 is 1.86 bits per heavy atom. The van der Waals surface area contributed by atoms with Gasteiger partial charge in [-0.05, 0) is 45.2 Å². The molecule has 2 N–H and O–H groups in total. The van der Waals surface area contributed by atoms with Gasteiger partial charge in [0, 0.05) is 50.5 Å². The third-order valence-corrected chi connectivity index (χ3v) is 5.70. The first-order chi connectivity index (χ1) is 13.7. The fourth-order valence-corrected chi connectivity index (χ4v) is 4.00. The number of rotatable bonds is 6. The molecule has 0 amide bonds. The molecular formula is C22H37N5O. The summed E-state index contributed by atoms with van der Waals surface area (Å²) in [6.07, 6.45) is 2.35. The van der Waals surface area contributed by atoms with E-state index in [1.807, 2.05) is 0 Å². The summed E-state index contributed by atoms with van der Waals surface area (Å²) in [5.41, 5.74) is 2.56. The van der Waals surface area contributed by atoms with Crippen molar-refractivity contribution in [2.24, 2.45) is 4.99 Å². The molecule has 0 bridgehead atoms. The molecule has 0 atom stereocenters. The maximum Gasteiger partial charge on any atom is 0.191 e. The fourth-order valence-electron chi connectivity index (χ4n) is 4.00. The minimum absolute atomic E-state index is 0.502. The van der Waals surface area contributed by atoms with E-state index < -0.39 is 0 Å². The number of piperidine rings is 1. The molecule has 28 heavy (non-hydrogen) atoms. The normalized spacial score (nSPS) is 19.9. The average molecular weight is 388 g/mol. The van der Waals surface area contributed by atoms with Crippen LogP contribution in [-0.2, 0) is 11.3 Å². The van der Waals surface area contributed by atoms with Gasteiger partial charge in [-0.15, -0.1) is 0 Å². The summed E-state index contributed by atoms with van der Waals surface area (Å²) in [4.78, 5) is 9.88. The second-order valence-electron chi connectivity index (χ2n) is 7.97.